The smallest absolute Gasteiger partial charge is 0.160 e. The first-order valence-electron chi connectivity index (χ1n) is 19.1. The number of aromatic nitrogens is 2. The summed E-state index contributed by atoms with van der Waals surface area (Å²) in [5.41, 5.74) is 12.8. The van der Waals surface area contributed by atoms with E-state index in [2.05, 4.69) is 190 Å². The first kappa shape index (κ1) is 31.6. The van der Waals surface area contributed by atoms with E-state index in [9.17, 15) is 0 Å². The van der Waals surface area contributed by atoms with E-state index in [1.807, 2.05) is 6.07 Å². The van der Waals surface area contributed by atoms with Crippen LogP contribution in [0, 0.1) is 0 Å². The molecule has 0 N–H and O–H groups in total. The van der Waals surface area contributed by atoms with Crippen LogP contribution in [0.1, 0.15) is 25.0 Å². The van der Waals surface area contributed by atoms with Crippen LogP contribution in [0.5, 0.6) is 0 Å². The molecule has 0 fully saturated rings. The lowest BCUT2D eigenvalue weighted by molar-refractivity contribution is 0.661. The molecular weight excluding hydrogens is 665 g/mol. The van der Waals surface area contributed by atoms with E-state index >= 15 is 0 Å². The van der Waals surface area contributed by atoms with Crippen molar-refractivity contribution in [1.82, 2.24) is 9.97 Å². The highest BCUT2D eigenvalue weighted by Gasteiger charge is 2.36. The average Bonchev–Trinajstić information content (AvgIpc) is 3.46. The molecule has 0 atom stereocenters. The zero-order valence-corrected chi connectivity index (χ0v) is 30.7. The van der Waals surface area contributed by atoms with Crippen LogP contribution in [-0.4, -0.2) is 9.97 Å². The minimum atomic E-state index is -0.113. The summed E-state index contributed by atoms with van der Waals surface area (Å²) in [5, 5.41) is 9.79. The molecule has 0 amide bonds. The fourth-order valence-corrected chi connectivity index (χ4v) is 9.07. The van der Waals surface area contributed by atoms with E-state index < -0.39 is 0 Å². The summed E-state index contributed by atoms with van der Waals surface area (Å²) in [4.78, 5) is 10.6. The fourth-order valence-electron chi connectivity index (χ4n) is 9.07. The molecule has 0 bridgehead atoms. The Bertz CT molecular complexity index is 3170. The molecule has 258 valence electrons. The maximum absolute atomic E-state index is 5.30. The van der Waals surface area contributed by atoms with Crippen molar-refractivity contribution in [2.24, 2.45) is 0 Å². The van der Waals surface area contributed by atoms with Gasteiger partial charge in [0.1, 0.15) is 0 Å². The second-order valence-electron chi connectivity index (χ2n) is 15.4. The van der Waals surface area contributed by atoms with Gasteiger partial charge in [0, 0.05) is 22.1 Å². The second-order valence-corrected chi connectivity index (χ2v) is 15.4. The predicted octanol–water partition coefficient (Wildman–Crippen LogP) is 14.1. The van der Waals surface area contributed by atoms with Crippen molar-refractivity contribution in [3.8, 4) is 56.2 Å². The van der Waals surface area contributed by atoms with Gasteiger partial charge in [-0.1, -0.05) is 166 Å². The molecule has 0 aliphatic heterocycles. The van der Waals surface area contributed by atoms with Gasteiger partial charge in [0.05, 0.1) is 11.4 Å². The summed E-state index contributed by atoms with van der Waals surface area (Å²) in [6.45, 7) is 4.74. The zero-order valence-electron chi connectivity index (χ0n) is 30.7. The summed E-state index contributed by atoms with van der Waals surface area (Å²) in [6, 6.07) is 66.0. The average molecular weight is 701 g/mol. The Hall–Kier alpha value is -6.90. The van der Waals surface area contributed by atoms with Crippen molar-refractivity contribution in [3.63, 3.8) is 0 Å². The minimum Gasteiger partial charge on any atom is -0.228 e. The normalized spacial score (nSPS) is 13.1. The van der Waals surface area contributed by atoms with Crippen molar-refractivity contribution in [1.29, 1.82) is 0 Å². The van der Waals surface area contributed by atoms with Crippen LogP contribution in [0.15, 0.2) is 182 Å². The Morgan fingerprint density at radius 2 is 0.836 bits per heavy atom. The SMILES string of the molecule is CC1(C)c2cc(-c3ccc(-c4cc(-c5cc6ccccc6c6ccccc56)nc(-c5ccccc5)n4)c4ccccc34)ccc2-c2cc3ccccc3cc21. The lowest BCUT2D eigenvalue weighted by atomic mass is 9.81. The predicted molar refractivity (Wildman–Crippen MR) is 231 cm³/mol. The van der Waals surface area contributed by atoms with Crippen molar-refractivity contribution in [3.05, 3.63) is 193 Å². The molecule has 0 unspecified atom stereocenters. The Morgan fingerprint density at radius 3 is 1.58 bits per heavy atom. The largest absolute Gasteiger partial charge is 0.228 e. The van der Waals surface area contributed by atoms with Gasteiger partial charge in [-0.05, 0) is 107 Å². The fraction of sp³-hybridized carbons (Fsp3) is 0.0566. The molecule has 10 aromatic rings. The lowest BCUT2D eigenvalue weighted by Crippen LogP contribution is -2.15. The van der Waals surface area contributed by atoms with Crippen LogP contribution in [0.25, 0.3) is 99.2 Å². The quantitative estimate of drug-likeness (QED) is 0.171. The monoisotopic (exact) mass is 700 g/mol. The Labute approximate surface area is 320 Å². The van der Waals surface area contributed by atoms with Crippen LogP contribution in [0.3, 0.4) is 0 Å². The van der Waals surface area contributed by atoms with Crippen LogP contribution in [0.4, 0.5) is 0 Å². The van der Waals surface area contributed by atoms with Crippen molar-refractivity contribution < 1.29 is 0 Å². The summed E-state index contributed by atoms with van der Waals surface area (Å²) >= 11 is 0. The topological polar surface area (TPSA) is 25.8 Å². The summed E-state index contributed by atoms with van der Waals surface area (Å²) in [5.74, 6) is 0.714. The molecule has 1 aromatic heterocycles. The van der Waals surface area contributed by atoms with Gasteiger partial charge in [0.2, 0.25) is 0 Å². The van der Waals surface area contributed by atoms with Gasteiger partial charge in [-0.2, -0.15) is 0 Å². The molecule has 0 saturated heterocycles. The Balaban J connectivity index is 1.09. The molecule has 0 radical (unpaired) electrons. The number of hydrogen-bond donors (Lipinski definition) is 0. The van der Waals surface area contributed by atoms with Crippen molar-refractivity contribution >= 4 is 43.1 Å². The van der Waals surface area contributed by atoms with Gasteiger partial charge in [0.15, 0.2) is 5.82 Å². The molecule has 1 aliphatic rings. The number of nitrogens with zero attached hydrogens (tertiary/aromatic N) is 2. The Kier molecular flexibility index (Phi) is 6.93. The molecule has 2 heteroatoms. The standard InChI is InChI=1S/C53H36N2/c1-53(2)48-31-37(24-25-44(48)46-28-34-16-6-7-17-35(34)30-49(46)53)39-26-27-45(42-22-12-10-21-41(39)42)50-32-51(55-52(54-50)33-14-4-3-5-15-33)47-29-36-18-8-9-19-38(36)40-20-11-13-23-43(40)47/h3-32H,1-2H3. The van der Waals surface area contributed by atoms with Crippen LogP contribution < -0.4 is 0 Å². The maximum Gasteiger partial charge on any atom is 0.160 e. The van der Waals surface area contributed by atoms with Crippen molar-refractivity contribution in [2.75, 3.05) is 0 Å². The third-order valence-corrected chi connectivity index (χ3v) is 11.9. The van der Waals surface area contributed by atoms with Gasteiger partial charge >= 0.3 is 0 Å². The molecule has 11 rings (SSSR count). The number of hydrogen-bond acceptors (Lipinski definition) is 2. The summed E-state index contributed by atoms with van der Waals surface area (Å²) < 4.78 is 0. The molecule has 0 spiro atoms. The second kappa shape index (κ2) is 12.1. The molecule has 1 aliphatic carbocycles. The van der Waals surface area contributed by atoms with E-state index in [0.29, 0.717) is 5.82 Å². The van der Waals surface area contributed by atoms with Gasteiger partial charge in [-0.25, -0.2) is 9.97 Å². The van der Waals surface area contributed by atoms with Gasteiger partial charge in [-0.15, -0.1) is 0 Å². The van der Waals surface area contributed by atoms with E-state index in [1.165, 1.54) is 76.5 Å². The first-order chi connectivity index (χ1) is 27.0. The van der Waals surface area contributed by atoms with E-state index in [4.69, 9.17) is 9.97 Å². The molecular formula is C53H36N2. The molecule has 9 aromatic carbocycles. The van der Waals surface area contributed by atoms with Crippen molar-refractivity contribution in [2.45, 2.75) is 19.3 Å². The number of fused-ring (bicyclic) bond motifs is 8. The lowest BCUT2D eigenvalue weighted by Gasteiger charge is -2.22. The first-order valence-corrected chi connectivity index (χ1v) is 19.1. The van der Waals surface area contributed by atoms with Gasteiger partial charge in [-0.3, -0.25) is 0 Å². The molecule has 55 heavy (non-hydrogen) atoms. The molecule has 1 heterocycles. The summed E-state index contributed by atoms with van der Waals surface area (Å²) in [6.07, 6.45) is 0. The minimum absolute atomic E-state index is 0.113. The highest BCUT2D eigenvalue weighted by Crippen LogP contribution is 2.51. The Morgan fingerprint density at radius 1 is 0.327 bits per heavy atom. The molecule has 2 nitrogen and oxygen atoms in total. The number of rotatable bonds is 4. The van der Waals surface area contributed by atoms with Gasteiger partial charge in [0.25, 0.3) is 0 Å². The summed E-state index contributed by atoms with van der Waals surface area (Å²) in [7, 11) is 0. The third kappa shape index (κ3) is 4.95. The zero-order chi connectivity index (χ0) is 36.7. The van der Waals surface area contributed by atoms with Crippen LogP contribution >= 0.6 is 0 Å². The van der Waals surface area contributed by atoms with E-state index in [1.54, 1.807) is 0 Å². The third-order valence-electron chi connectivity index (χ3n) is 11.9. The highest BCUT2D eigenvalue weighted by molar-refractivity contribution is 6.14. The van der Waals surface area contributed by atoms with E-state index in [-0.39, 0.29) is 5.41 Å². The number of benzene rings is 9. The van der Waals surface area contributed by atoms with Gasteiger partial charge < -0.3 is 0 Å². The van der Waals surface area contributed by atoms with E-state index in [0.717, 1.165) is 28.1 Å². The molecule has 0 saturated carbocycles. The highest BCUT2D eigenvalue weighted by atomic mass is 14.9. The maximum atomic E-state index is 5.30. The van der Waals surface area contributed by atoms with Crippen LogP contribution in [-0.2, 0) is 5.41 Å². The van der Waals surface area contributed by atoms with Crippen LogP contribution in [0.2, 0.25) is 0 Å².